The van der Waals surface area contributed by atoms with E-state index < -0.39 is 0 Å². The first kappa shape index (κ1) is 17.8. The Kier molecular flexibility index (Phi) is 5.96. The summed E-state index contributed by atoms with van der Waals surface area (Å²) >= 11 is 1.93. The molecule has 0 aliphatic carbocycles. The standard InChI is InChI=1S/C18H24N4O2S/c1-13(2)16(23)19-15(12-14-6-4-3-5-7-14)17-20-21-18(24-17)22-8-10-25-11-9-22/h3-7,13,15H,8-12H2,1-2H3,(H,19,23)/t15-/m1/s1. The molecule has 1 atom stereocenters. The summed E-state index contributed by atoms with van der Waals surface area (Å²) in [5, 5.41) is 11.5. The summed E-state index contributed by atoms with van der Waals surface area (Å²) in [6.07, 6.45) is 0.622. The molecule has 1 fully saturated rings. The summed E-state index contributed by atoms with van der Waals surface area (Å²) in [5.41, 5.74) is 1.12. The van der Waals surface area contributed by atoms with E-state index >= 15 is 0 Å². The van der Waals surface area contributed by atoms with Crippen LogP contribution in [0.4, 0.5) is 6.01 Å². The second kappa shape index (κ2) is 8.38. The number of nitrogens with zero attached hydrogens (tertiary/aromatic N) is 3. The van der Waals surface area contributed by atoms with E-state index in [1.165, 1.54) is 0 Å². The largest absolute Gasteiger partial charge is 0.406 e. The molecule has 0 radical (unpaired) electrons. The van der Waals surface area contributed by atoms with Gasteiger partial charge in [-0.1, -0.05) is 49.3 Å². The second-order valence-electron chi connectivity index (χ2n) is 6.43. The van der Waals surface area contributed by atoms with Gasteiger partial charge < -0.3 is 14.6 Å². The molecule has 0 saturated carbocycles. The third-order valence-electron chi connectivity index (χ3n) is 4.13. The summed E-state index contributed by atoms with van der Waals surface area (Å²) in [7, 11) is 0. The van der Waals surface area contributed by atoms with Crippen LogP contribution < -0.4 is 10.2 Å². The van der Waals surface area contributed by atoms with E-state index in [4.69, 9.17) is 4.42 Å². The molecule has 7 heteroatoms. The lowest BCUT2D eigenvalue weighted by Gasteiger charge is -2.24. The fourth-order valence-corrected chi connectivity index (χ4v) is 3.54. The van der Waals surface area contributed by atoms with E-state index in [9.17, 15) is 4.79 Å². The highest BCUT2D eigenvalue weighted by Crippen LogP contribution is 2.23. The van der Waals surface area contributed by atoms with Gasteiger partial charge in [-0.05, 0) is 5.56 Å². The van der Waals surface area contributed by atoms with Crippen molar-refractivity contribution in [1.29, 1.82) is 0 Å². The molecule has 3 rings (SSSR count). The van der Waals surface area contributed by atoms with Crippen LogP contribution in [0.15, 0.2) is 34.7 Å². The first-order chi connectivity index (χ1) is 12.1. The van der Waals surface area contributed by atoms with Crippen molar-refractivity contribution in [1.82, 2.24) is 15.5 Å². The van der Waals surface area contributed by atoms with Crippen LogP contribution in [0.25, 0.3) is 0 Å². The fourth-order valence-electron chi connectivity index (χ4n) is 2.64. The smallest absolute Gasteiger partial charge is 0.318 e. The van der Waals surface area contributed by atoms with Crippen molar-refractivity contribution in [3.05, 3.63) is 41.8 Å². The molecule has 1 saturated heterocycles. The van der Waals surface area contributed by atoms with Crippen LogP contribution in [0.5, 0.6) is 0 Å². The van der Waals surface area contributed by atoms with Crippen molar-refractivity contribution in [3.8, 4) is 0 Å². The second-order valence-corrected chi connectivity index (χ2v) is 7.65. The molecule has 2 heterocycles. The number of thioether (sulfide) groups is 1. The molecule has 0 unspecified atom stereocenters. The highest BCUT2D eigenvalue weighted by Gasteiger charge is 2.25. The number of nitrogens with one attached hydrogen (secondary N) is 1. The molecule has 0 bridgehead atoms. The first-order valence-electron chi connectivity index (χ1n) is 8.64. The van der Waals surface area contributed by atoms with Crippen LogP contribution in [0.2, 0.25) is 0 Å². The predicted molar refractivity (Wildman–Crippen MR) is 99.7 cm³/mol. The summed E-state index contributed by atoms with van der Waals surface area (Å²) in [6, 6.07) is 10.2. The number of hydrogen-bond acceptors (Lipinski definition) is 6. The van der Waals surface area contributed by atoms with Gasteiger partial charge in [-0.25, -0.2) is 0 Å². The van der Waals surface area contributed by atoms with Gasteiger partial charge in [0.25, 0.3) is 0 Å². The van der Waals surface area contributed by atoms with Gasteiger partial charge in [0, 0.05) is 36.9 Å². The number of anilines is 1. The van der Waals surface area contributed by atoms with Gasteiger partial charge in [-0.2, -0.15) is 11.8 Å². The molecule has 1 aromatic heterocycles. The van der Waals surface area contributed by atoms with E-state index in [-0.39, 0.29) is 17.9 Å². The van der Waals surface area contributed by atoms with Crippen LogP contribution in [0.1, 0.15) is 31.3 Å². The summed E-state index contributed by atoms with van der Waals surface area (Å²) < 4.78 is 5.92. The maximum Gasteiger partial charge on any atom is 0.318 e. The zero-order valence-electron chi connectivity index (χ0n) is 14.6. The number of rotatable bonds is 6. The van der Waals surface area contributed by atoms with Gasteiger partial charge in [0.1, 0.15) is 6.04 Å². The first-order valence-corrected chi connectivity index (χ1v) is 9.79. The molecule has 1 amide bonds. The Morgan fingerprint density at radius 1 is 1.24 bits per heavy atom. The molecule has 0 spiro atoms. The Balaban J connectivity index is 1.78. The molecular formula is C18H24N4O2S. The summed E-state index contributed by atoms with van der Waals surface area (Å²) in [4.78, 5) is 14.3. The van der Waals surface area contributed by atoms with Gasteiger partial charge in [0.15, 0.2) is 0 Å². The number of carbonyl (C=O) groups excluding carboxylic acids is 1. The van der Waals surface area contributed by atoms with E-state index in [0.29, 0.717) is 18.3 Å². The van der Waals surface area contributed by atoms with Crippen LogP contribution in [-0.2, 0) is 11.2 Å². The van der Waals surface area contributed by atoms with E-state index in [2.05, 4.69) is 20.4 Å². The lowest BCUT2D eigenvalue weighted by atomic mass is 10.0. The third kappa shape index (κ3) is 4.75. The normalized spacial score (nSPS) is 16.0. The zero-order chi connectivity index (χ0) is 17.6. The Morgan fingerprint density at radius 2 is 1.96 bits per heavy atom. The minimum atomic E-state index is -0.322. The monoisotopic (exact) mass is 360 g/mol. The predicted octanol–water partition coefficient (Wildman–Crippen LogP) is 2.68. The van der Waals surface area contributed by atoms with Gasteiger partial charge >= 0.3 is 6.01 Å². The highest BCUT2D eigenvalue weighted by atomic mass is 32.2. The average molecular weight is 360 g/mol. The van der Waals surface area contributed by atoms with Crippen molar-refractivity contribution in [3.63, 3.8) is 0 Å². The van der Waals surface area contributed by atoms with Gasteiger partial charge in [0.05, 0.1) is 0 Å². The SMILES string of the molecule is CC(C)C(=O)N[C@H](Cc1ccccc1)c1nnc(N2CCSCC2)o1. The molecular weight excluding hydrogens is 336 g/mol. The third-order valence-corrected chi connectivity index (χ3v) is 5.08. The van der Waals surface area contributed by atoms with Crippen molar-refractivity contribution in [2.24, 2.45) is 5.92 Å². The number of carbonyl (C=O) groups is 1. The summed E-state index contributed by atoms with van der Waals surface area (Å²) in [6.45, 7) is 5.57. The molecule has 1 aliphatic rings. The highest BCUT2D eigenvalue weighted by molar-refractivity contribution is 7.99. The van der Waals surface area contributed by atoms with Crippen molar-refractivity contribution < 1.29 is 9.21 Å². The average Bonchev–Trinajstić information content (AvgIpc) is 3.13. The zero-order valence-corrected chi connectivity index (χ0v) is 15.5. The molecule has 134 valence electrons. The molecule has 6 nitrogen and oxygen atoms in total. The van der Waals surface area contributed by atoms with E-state index in [0.717, 1.165) is 30.2 Å². The summed E-state index contributed by atoms with van der Waals surface area (Å²) in [5.74, 6) is 2.48. The Labute approximate surface area is 152 Å². The van der Waals surface area contributed by atoms with Crippen LogP contribution in [-0.4, -0.2) is 40.7 Å². The number of benzene rings is 1. The van der Waals surface area contributed by atoms with E-state index in [1.807, 2.05) is 55.9 Å². The molecule has 1 aliphatic heterocycles. The maximum atomic E-state index is 12.2. The Hall–Kier alpha value is -2.02. The molecule has 2 aromatic rings. The minimum Gasteiger partial charge on any atom is -0.406 e. The molecule has 25 heavy (non-hydrogen) atoms. The molecule has 1 N–H and O–H groups in total. The number of hydrogen-bond donors (Lipinski definition) is 1. The van der Waals surface area contributed by atoms with Crippen LogP contribution in [0, 0.1) is 5.92 Å². The van der Waals surface area contributed by atoms with Crippen molar-refractivity contribution >= 4 is 23.7 Å². The number of aromatic nitrogens is 2. The van der Waals surface area contributed by atoms with E-state index in [1.54, 1.807) is 0 Å². The number of amides is 1. The van der Waals surface area contributed by atoms with Crippen LogP contribution >= 0.6 is 11.8 Å². The Bertz CT molecular complexity index is 683. The quantitative estimate of drug-likeness (QED) is 0.854. The lowest BCUT2D eigenvalue weighted by molar-refractivity contribution is -0.124. The topological polar surface area (TPSA) is 71.3 Å². The van der Waals surface area contributed by atoms with Gasteiger partial charge in [0.2, 0.25) is 11.8 Å². The Morgan fingerprint density at radius 3 is 2.64 bits per heavy atom. The fraction of sp³-hybridized carbons (Fsp3) is 0.500. The maximum absolute atomic E-state index is 12.2. The van der Waals surface area contributed by atoms with Gasteiger partial charge in [-0.15, -0.1) is 5.10 Å². The minimum absolute atomic E-state index is 0.0185. The van der Waals surface area contributed by atoms with Crippen molar-refractivity contribution in [2.75, 3.05) is 29.5 Å². The molecule has 1 aromatic carbocycles. The van der Waals surface area contributed by atoms with Gasteiger partial charge in [-0.3, -0.25) is 4.79 Å². The lowest BCUT2D eigenvalue weighted by Crippen LogP contribution is -2.33. The van der Waals surface area contributed by atoms with Crippen LogP contribution in [0.3, 0.4) is 0 Å². The van der Waals surface area contributed by atoms with Crippen molar-refractivity contribution in [2.45, 2.75) is 26.3 Å².